The number of aliphatic hydroxyl groups is 1. The largest absolute Gasteiger partial charge is 0.393 e. The van der Waals surface area contributed by atoms with Gasteiger partial charge in [0.15, 0.2) is 0 Å². The maximum absolute atomic E-state index is 9.60. The summed E-state index contributed by atoms with van der Waals surface area (Å²) in [6.45, 7) is 4.55. The van der Waals surface area contributed by atoms with E-state index in [0.29, 0.717) is 0 Å². The number of unbranched alkanes of at least 4 members (excludes halogenated alkanes) is 6. The molecule has 108 valence electrons. The van der Waals surface area contributed by atoms with Gasteiger partial charge in [0.1, 0.15) is 0 Å². The van der Waals surface area contributed by atoms with Crippen molar-refractivity contribution in [3.05, 3.63) is 0 Å². The predicted molar refractivity (Wildman–Crippen MR) is 78.8 cm³/mol. The van der Waals surface area contributed by atoms with Crippen molar-refractivity contribution in [1.29, 1.82) is 0 Å². The Hall–Kier alpha value is -0.0800. The lowest BCUT2D eigenvalue weighted by atomic mass is 9.87. The quantitative estimate of drug-likeness (QED) is 0.581. The summed E-state index contributed by atoms with van der Waals surface area (Å²) < 4.78 is 0. The molecular formula is C16H33NO. The highest BCUT2D eigenvalue weighted by molar-refractivity contribution is 4.73. The van der Waals surface area contributed by atoms with E-state index < -0.39 is 0 Å². The van der Waals surface area contributed by atoms with Gasteiger partial charge in [-0.1, -0.05) is 51.9 Å². The second kappa shape index (κ2) is 10.8. The molecule has 2 nitrogen and oxygen atoms in total. The van der Waals surface area contributed by atoms with E-state index in [-0.39, 0.29) is 6.10 Å². The third kappa shape index (κ3) is 8.10. The fraction of sp³-hybridized carbons (Fsp3) is 1.00. The monoisotopic (exact) mass is 255 g/mol. The summed E-state index contributed by atoms with van der Waals surface area (Å²) in [5, 5.41) is 13.2. The van der Waals surface area contributed by atoms with Gasteiger partial charge < -0.3 is 10.4 Å². The third-order valence-electron chi connectivity index (χ3n) is 4.15. The topological polar surface area (TPSA) is 32.3 Å². The van der Waals surface area contributed by atoms with E-state index in [0.717, 1.165) is 25.3 Å². The number of aliphatic hydroxyl groups excluding tert-OH is 1. The van der Waals surface area contributed by atoms with E-state index in [2.05, 4.69) is 12.2 Å². The van der Waals surface area contributed by atoms with Gasteiger partial charge in [0, 0.05) is 0 Å². The molecule has 18 heavy (non-hydrogen) atoms. The fourth-order valence-electron chi connectivity index (χ4n) is 2.96. The van der Waals surface area contributed by atoms with Gasteiger partial charge in [-0.15, -0.1) is 0 Å². The zero-order valence-corrected chi connectivity index (χ0v) is 12.3. The van der Waals surface area contributed by atoms with Crippen LogP contribution in [0.15, 0.2) is 0 Å². The zero-order chi connectivity index (χ0) is 13.1. The molecule has 1 rings (SSSR count). The van der Waals surface area contributed by atoms with Gasteiger partial charge in [-0.05, 0) is 44.7 Å². The van der Waals surface area contributed by atoms with Crippen LogP contribution in [0.3, 0.4) is 0 Å². The average Bonchev–Trinajstić information content (AvgIpc) is 2.37. The van der Waals surface area contributed by atoms with Crippen LogP contribution in [-0.4, -0.2) is 24.3 Å². The molecule has 0 aromatic heterocycles. The Bertz CT molecular complexity index is 184. The number of nitrogens with one attached hydrogen (secondary N) is 1. The molecule has 0 aliphatic heterocycles. The molecule has 0 saturated heterocycles. The first-order valence-electron chi connectivity index (χ1n) is 8.21. The molecule has 0 heterocycles. The maximum Gasteiger partial charge on any atom is 0.0543 e. The molecule has 1 saturated carbocycles. The summed E-state index contributed by atoms with van der Waals surface area (Å²) in [7, 11) is 0. The van der Waals surface area contributed by atoms with Crippen molar-refractivity contribution in [1.82, 2.24) is 5.32 Å². The van der Waals surface area contributed by atoms with Crippen LogP contribution in [0.1, 0.15) is 77.6 Å². The second-order valence-electron chi connectivity index (χ2n) is 6.01. The Labute approximate surface area is 114 Å². The van der Waals surface area contributed by atoms with Crippen molar-refractivity contribution in [2.24, 2.45) is 5.92 Å². The summed E-state index contributed by atoms with van der Waals surface area (Å²) in [6.07, 6.45) is 14.2. The molecule has 0 radical (unpaired) electrons. The van der Waals surface area contributed by atoms with Gasteiger partial charge in [0.25, 0.3) is 0 Å². The van der Waals surface area contributed by atoms with Crippen LogP contribution in [0.5, 0.6) is 0 Å². The summed E-state index contributed by atoms with van der Waals surface area (Å²) in [4.78, 5) is 0. The molecule has 1 aliphatic rings. The molecule has 0 aromatic carbocycles. The molecule has 0 spiro atoms. The van der Waals surface area contributed by atoms with Crippen LogP contribution in [0.2, 0.25) is 0 Å². The Kier molecular flexibility index (Phi) is 9.59. The van der Waals surface area contributed by atoms with E-state index >= 15 is 0 Å². The molecule has 2 unspecified atom stereocenters. The second-order valence-corrected chi connectivity index (χ2v) is 6.01. The molecular weight excluding hydrogens is 222 g/mol. The van der Waals surface area contributed by atoms with Crippen LogP contribution in [0.25, 0.3) is 0 Å². The van der Waals surface area contributed by atoms with Crippen LogP contribution < -0.4 is 5.32 Å². The van der Waals surface area contributed by atoms with Crippen molar-refractivity contribution in [3.8, 4) is 0 Å². The SMILES string of the molecule is CCCCCCCCCNCC1CCCC(O)C1. The van der Waals surface area contributed by atoms with Crippen LogP contribution in [0.4, 0.5) is 0 Å². The average molecular weight is 255 g/mol. The lowest BCUT2D eigenvalue weighted by Gasteiger charge is -2.25. The summed E-state index contributed by atoms with van der Waals surface area (Å²) >= 11 is 0. The van der Waals surface area contributed by atoms with E-state index in [4.69, 9.17) is 0 Å². The van der Waals surface area contributed by atoms with E-state index in [1.54, 1.807) is 0 Å². The van der Waals surface area contributed by atoms with Crippen molar-refractivity contribution in [2.75, 3.05) is 13.1 Å². The lowest BCUT2D eigenvalue weighted by Crippen LogP contribution is -2.29. The smallest absolute Gasteiger partial charge is 0.0543 e. The summed E-state index contributed by atoms with van der Waals surface area (Å²) in [6, 6.07) is 0. The molecule has 2 atom stereocenters. The molecule has 2 heteroatoms. The van der Waals surface area contributed by atoms with E-state index in [9.17, 15) is 5.11 Å². The Morgan fingerprint density at radius 2 is 1.72 bits per heavy atom. The van der Waals surface area contributed by atoms with Crippen molar-refractivity contribution in [3.63, 3.8) is 0 Å². The van der Waals surface area contributed by atoms with E-state index in [1.165, 1.54) is 64.3 Å². The minimum absolute atomic E-state index is 0.0240. The first kappa shape index (κ1) is 16.0. The van der Waals surface area contributed by atoms with Crippen LogP contribution in [0, 0.1) is 5.92 Å². The van der Waals surface area contributed by atoms with Gasteiger partial charge in [-0.3, -0.25) is 0 Å². The molecule has 1 aliphatic carbocycles. The number of hydrogen-bond acceptors (Lipinski definition) is 2. The molecule has 0 amide bonds. The zero-order valence-electron chi connectivity index (χ0n) is 12.3. The highest BCUT2D eigenvalue weighted by Gasteiger charge is 2.19. The number of rotatable bonds is 10. The standard InChI is InChI=1S/C16H33NO/c1-2-3-4-5-6-7-8-12-17-14-15-10-9-11-16(18)13-15/h15-18H,2-14H2,1H3. The third-order valence-corrected chi connectivity index (χ3v) is 4.15. The van der Waals surface area contributed by atoms with Crippen LogP contribution in [-0.2, 0) is 0 Å². The van der Waals surface area contributed by atoms with Gasteiger partial charge in [-0.2, -0.15) is 0 Å². The fourth-order valence-corrected chi connectivity index (χ4v) is 2.96. The van der Waals surface area contributed by atoms with Crippen molar-refractivity contribution in [2.45, 2.75) is 83.7 Å². The molecule has 0 aromatic rings. The lowest BCUT2D eigenvalue weighted by molar-refractivity contribution is 0.101. The maximum atomic E-state index is 9.60. The van der Waals surface area contributed by atoms with E-state index in [1.807, 2.05) is 0 Å². The first-order chi connectivity index (χ1) is 8.83. The molecule has 0 bridgehead atoms. The molecule has 2 N–H and O–H groups in total. The predicted octanol–water partition coefficient (Wildman–Crippen LogP) is 3.88. The Morgan fingerprint density at radius 3 is 2.44 bits per heavy atom. The first-order valence-corrected chi connectivity index (χ1v) is 8.21. The van der Waals surface area contributed by atoms with Crippen molar-refractivity contribution < 1.29 is 5.11 Å². The van der Waals surface area contributed by atoms with Crippen molar-refractivity contribution >= 4 is 0 Å². The number of hydrogen-bond donors (Lipinski definition) is 2. The summed E-state index contributed by atoms with van der Waals surface area (Å²) in [5.41, 5.74) is 0. The summed E-state index contributed by atoms with van der Waals surface area (Å²) in [5.74, 6) is 0.721. The minimum atomic E-state index is -0.0240. The Balaban J connectivity index is 1.80. The van der Waals surface area contributed by atoms with Crippen LogP contribution >= 0.6 is 0 Å². The van der Waals surface area contributed by atoms with Gasteiger partial charge in [0.2, 0.25) is 0 Å². The minimum Gasteiger partial charge on any atom is -0.393 e. The van der Waals surface area contributed by atoms with Gasteiger partial charge >= 0.3 is 0 Å². The van der Waals surface area contributed by atoms with Gasteiger partial charge in [0.05, 0.1) is 6.10 Å². The van der Waals surface area contributed by atoms with Gasteiger partial charge in [-0.25, -0.2) is 0 Å². The highest BCUT2D eigenvalue weighted by atomic mass is 16.3. The highest BCUT2D eigenvalue weighted by Crippen LogP contribution is 2.23. The molecule has 1 fully saturated rings. The Morgan fingerprint density at radius 1 is 1.00 bits per heavy atom. The normalized spacial score (nSPS) is 24.3.